The van der Waals surface area contributed by atoms with Crippen LogP contribution in [0.5, 0.6) is 0 Å². The number of ether oxygens (including phenoxy) is 1. The smallest absolute Gasteiger partial charge is 0.341 e. The number of esters is 1. The number of hydrogen-bond donors (Lipinski definition) is 1. The van der Waals surface area contributed by atoms with Crippen LogP contribution in [0.4, 0.5) is 8.78 Å². The van der Waals surface area contributed by atoms with E-state index in [0.29, 0.717) is 17.9 Å². The molecule has 0 bridgehead atoms. The van der Waals surface area contributed by atoms with E-state index < -0.39 is 35.2 Å². The van der Waals surface area contributed by atoms with Gasteiger partial charge in [0, 0.05) is 12.1 Å². The molecule has 1 aliphatic carbocycles. The number of rotatable bonds is 4. The molecule has 0 spiro atoms. The molecule has 1 amide bonds. The standard InChI is InChI=1S/C18H23F2NO3/c1-10-5-4-6-16(11(10)2)21-17(22)12(3)24-18(23)14-8-7-13(19)9-15(14)20/h7-12,16H,4-6H2,1-3H3,(H,21,22)/t10-,11-,12-,16-/m1/s1. The Kier molecular flexibility index (Phi) is 5.91. The van der Waals surface area contributed by atoms with Crippen molar-refractivity contribution in [3.63, 3.8) is 0 Å². The average Bonchev–Trinajstić information content (AvgIpc) is 2.51. The van der Waals surface area contributed by atoms with E-state index in [0.717, 1.165) is 31.4 Å². The van der Waals surface area contributed by atoms with Gasteiger partial charge in [0.15, 0.2) is 6.10 Å². The van der Waals surface area contributed by atoms with Gasteiger partial charge in [-0.15, -0.1) is 0 Å². The first-order valence-electron chi connectivity index (χ1n) is 8.26. The van der Waals surface area contributed by atoms with Crippen molar-refractivity contribution >= 4 is 11.9 Å². The normalized spacial score (nSPS) is 25.0. The second kappa shape index (κ2) is 7.73. The summed E-state index contributed by atoms with van der Waals surface area (Å²) in [5.41, 5.74) is -0.393. The monoisotopic (exact) mass is 339 g/mol. The van der Waals surface area contributed by atoms with Crippen LogP contribution < -0.4 is 5.32 Å². The summed E-state index contributed by atoms with van der Waals surface area (Å²) in [7, 11) is 0. The van der Waals surface area contributed by atoms with Crippen LogP contribution in [0.15, 0.2) is 18.2 Å². The summed E-state index contributed by atoms with van der Waals surface area (Å²) in [6.07, 6.45) is 2.03. The third-order valence-corrected chi connectivity index (χ3v) is 4.84. The van der Waals surface area contributed by atoms with Gasteiger partial charge in [-0.05, 0) is 37.3 Å². The molecular weight excluding hydrogens is 316 g/mol. The Morgan fingerprint density at radius 2 is 1.96 bits per heavy atom. The predicted octanol–water partition coefficient (Wildman–Crippen LogP) is 3.45. The topological polar surface area (TPSA) is 55.4 Å². The maximum atomic E-state index is 13.6. The lowest BCUT2D eigenvalue weighted by Crippen LogP contribution is -2.47. The highest BCUT2D eigenvalue weighted by atomic mass is 19.1. The van der Waals surface area contributed by atoms with Crippen molar-refractivity contribution in [3.8, 4) is 0 Å². The first-order chi connectivity index (χ1) is 11.3. The molecule has 0 unspecified atom stereocenters. The molecule has 6 heteroatoms. The second-order valence-electron chi connectivity index (χ2n) is 6.55. The van der Waals surface area contributed by atoms with Crippen molar-refractivity contribution in [3.05, 3.63) is 35.4 Å². The van der Waals surface area contributed by atoms with E-state index in [-0.39, 0.29) is 6.04 Å². The highest BCUT2D eigenvalue weighted by molar-refractivity contribution is 5.92. The lowest BCUT2D eigenvalue weighted by atomic mass is 9.78. The SMILES string of the molecule is C[C@@H]1[C@H](C)CCC[C@H]1NC(=O)[C@@H](C)OC(=O)c1ccc(F)cc1F. The first kappa shape index (κ1) is 18.4. The van der Waals surface area contributed by atoms with Gasteiger partial charge in [0.05, 0.1) is 5.56 Å². The minimum Gasteiger partial charge on any atom is -0.449 e. The molecule has 0 aromatic heterocycles. The van der Waals surface area contributed by atoms with E-state index in [1.165, 1.54) is 6.92 Å². The largest absolute Gasteiger partial charge is 0.449 e. The Morgan fingerprint density at radius 3 is 2.62 bits per heavy atom. The Bertz CT molecular complexity index is 620. The fraction of sp³-hybridized carbons (Fsp3) is 0.556. The molecule has 132 valence electrons. The molecule has 0 aliphatic heterocycles. The van der Waals surface area contributed by atoms with E-state index in [9.17, 15) is 18.4 Å². The van der Waals surface area contributed by atoms with Gasteiger partial charge in [-0.2, -0.15) is 0 Å². The zero-order valence-corrected chi connectivity index (χ0v) is 14.1. The maximum Gasteiger partial charge on any atom is 0.341 e. The van der Waals surface area contributed by atoms with Crippen molar-refractivity contribution in [1.82, 2.24) is 5.32 Å². The van der Waals surface area contributed by atoms with Crippen molar-refractivity contribution in [2.24, 2.45) is 11.8 Å². The van der Waals surface area contributed by atoms with E-state index in [4.69, 9.17) is 4.74 Å². The average molecular weight is 339 g/mol. The number of hydrogen-bond acceptors (Lipinski definition) is 3. The molecule has 1 N–H and O–H groups in total. The number of nitrogens with one attached hydrogen (secondary N) is 1. The fourth-order valence-corrected chi connectivity index (χ4v) is 3.02. The zero-order chi connectivity index (χ0) is 17.9. The maximum absolute atomic E-state index is 13.6. The van der Waals surface area contributed by atoms with Gasteiger partial charge in [-0.1, -0.05) is 26.7 Å². The van der Waals surface area contributed by atoms with Crippen LogP contribution in [0.25, 0.3) is 0 Å². The molecule has 1 aliphatic rings. The Balaban J connectivity index is 1.94. The molecule has 1 fully saturated rings. The van der Waals surface area contributed by atoms with Gasteiger partial charge >= 0.3 is 5.97 Å². The molecular formula is C18H23F2NO3. The number of carbonyl (C=O) groups excluding carboxylic acids is 2. The summed E-state index contributed by atoms with van der Waals surface area (Å²) < 4.78 is 31.5. The molecule has 1 saturated carbocycles. The van der Waals surface area contributed by atoms with Crippen LogP contribution in [-0.2, 0) is 9.53 Å². The summed E-state index contributed by atoms with van der Waals surface area (Å²) >= 11 is 0. The van der Waals surface area contributed by atoms with Crippen LogP contribution in [0, 0.1) is 23.5 Å². The van der Waals surface area contributed by atoms with E-state index in [1.54, 1.807) is 0 Å². The number of amides is 1. The van der Waals surface area contributed by atoms with Crippen LogP contribution >= 0.6 is 0 Å². The van der Waals surface area contributed by atoms with Gasteiger partial charge < -0.3 is 10.1 Å². The van der Waals surface area contributed by atoms with E-state index in [2.05, 4.69) is 19.2 Å². The zero-order valence-electron chi connectivity index (χ0n) is 14.1. The molecule has 1 aromatic rings. The molecule has 4 atom stereocenters. The lowest BCUT2D eigenvalue weighted by molar-refractivity contribution is -0.130. The van der Waals surface area contributed by atoms with E-state index >= 15 is 0 Å². The van der Waals surface area contributed by atoms with Gasteiger partial charge in [-0.25, -0.2) is 13.6 Å². The van der Waals surface area contributed by atoms with Crippen molar-refractivity contribution in [2.45, 2.75) is 52.2 Å². The summed E-state index contributed by atoms with van der Waals surface area (Å²) in [5, 5.41) is 2.91. The Hall–Kier alpha value is -1.98. The van der Waals surface area contributed by atoms with Gasteiger partial charge in [0.25, 0.3) is 5.91 Å². The number of benzene rings is 1. The van der Waals surface area contributed by atoms with Crippen LogP contribution in [0.2, 0.25) is 0 Å². The number of carbonyl (C=O) groups is 2. The van der Waals surface area contributed by atoms with Crippen molar-refractivity contribution < 1.29 is 23.1 Å². The summed E-state index contributed by atoms with van der Waals surface area (Å²) in [6.45, 7) is 5.69. The summed E-state index contributed by atoms with van der Waals surface area (Å²) in [4.78, 5) is 24.2. The summed E-state index contributed by atoms with van der Waals surface area (Å²) in [6, 6.07) is 2.62. The van der Waals surface area contributed by atoms with Gasteiger partial charge in [0.1, 0.15) is 11.6 Å². The van der Waals surface area contributed by atoms with E-state index in [1.807, 2.05) is 0 Å². The van der Waals surface area contributed by atoms with Crippen LogP contribution in [0.3, 0.4) is 0 Å². The highest BCUT2D eigenvalue weighted by Crippen LogP contribution is 2.29. The number of halogens is 2. The molecule has 1 aromatic carbocycles. The minimum atomic E-state index is -1.05. The van der Waals surface area contributed by atoms with Crippen molar-refractivity contribution in [2.75, 3.05) is 0 Å². The first-order valence-corrected chi connectivity index (χ1v) is 8.26. The molecule has 2 rings (SSSR count). The fourth-order valence-electron chi connectivity index (χ4n) is 3.02. The van der Waals surface area contributed by atoms with Gasteiger partial charge in [0.2, 0.25) is 0 Å². The predicted molar refractivity (Wildman–Crippen MR) is 85.3 cm³/mol. The third-order valence-electron chi connectivity index (χ3n) is 4.84. The molecule has 0 saturated heterocycles. The van der Waals surface area contributed by atoms with Crippen molar-refractivity contribution in [1.29, 1.82) is 0 Å². The summed E-state index contributed by atoms with van der Waals surface area (Å²) in [5.74, 6) is -2.31. The second-order valence-corrected chi connectivity index (χ2v) is 6.55. The highest BCUT2D eigenvalue weighted by Gasteiger charge is 2.30. The lowest BCUT2D eigenvalue weighted by Gasteiger charge is -2.35. The van der Waals surface area contributed by atoms with Crippen LogP contribution in [-0.4, -0.2) is 24.0 Å². The van der Waals surface area contributed by atoms with Gasteiger partial charge in [-0.3, -0.25) is 4.79 Å². The van der Waals surface area contributed by atoms with Crippen LogP contribution in [0.1, 0.15) is 50.4 Å². The quantitative estimate of drug-likeness (QED) is 0.855. The molecule has 24 heavy (non-hydrogen) atoms. The minimum absolute atomic E-state index is 0.0463. The molecule has 4 nitrogen and oxygen atoms in total. The third kappa shape index (κ3) is 4.30. The molecule has 0 heterocycles. The Morgan fingerprint density at radius 1 is 1.25 bits per heavy atom. The Labute approximate surface area is 140 Å². The molecule has 0 radical (unpaired) electrons.